The van der Waals surface area contributed by atoms with Gasteiger partial charge >= 0.3 is 0 Å². The average Bonchev–Trinajstić information content (AvgIpc) is 2.42. The van der Waals surface area contributed by atoms with E-state index < -0.39 is 5.92 Å². The number of hydrogen-bond donors (Lipinski definition) is 0. The van der Waals surface area contributed by atoms with E-state index in [4.69, 9.17) is 11.6 Å². The minimum atomic E-state index is -2.45. The molecule has 0 amide bonds. The third-order valence-electron chi connectivity index (χ3n) is 2.68. The monoisotopic (exact) mass is 314 g/mol. The van der Waals surface area contributed by atoms with E-state index in [1.807, 2.05) is 13.0 Å². The quantitative estimate of drug-likeness (QED) is 0.659. The zero-order chi connectivity index (χ0) is 11.2. The molecular formula is C10H10BrClF2S. The lowest BCUT2D eigenvalue weighted by molar-refractivity contribution is -0.109. The second kappa shape index (κ2) is 3.97. The molecule has 1 saturated carbocycles. The normalized spacial score (nSPS) is 22.5. The molecule has 1 atom stereocenters. The number of hydrogen-bond acceptors (Lipinski definition) is 1. The van der Waals surface area contributed by atoms with Gasteiger partial charge in [-0.25, -0.2) is 8.78 Å². The summed E-state index contributed by atoms with van der Waals surface area (Å²) in [7, 11) is 0. The first-order valence-electron chi connectivity index (χ1n) is 4.67. The largest absolute Gasteiger partial charge is 0.248 e. The SMILES string of the molecule is Cc1cc(C(Br)C2CC(F)(F)C2)sc1Cl. The van der Waals surface area contributed by atoms with Crippen molar-refractivity contribution in [2.24, 2.45) is 5.92 Å². The summed E-state index contributed by atoms with van der Waals surface area (Å²) < 4.78 is 26.2. The van der Waals surface area contributed by atoms with Crippen LogP contribution >= 0.6 is 38.9 Å². The summed E-state index contributed by atoms with van der Waals surface area (Å²) in [4.78, 5) is 1.08. The molecule has 0 bridgehead atoms. The van der Waals surface area contributed by atoms with E-state index in [1.54, 1.807) is 0 Å². The summed E-state index contributed by atoms with van der Waals surface area (Å²) in [5, 5.41) is 0. The van der Waals surface area contributed by atoms with Gasteiger partial charge in [0.1, 0.15) is 0 Å². The molecule has 0 nitrogen and oxygen atoms in total. The number of thiophene rings is 1. The standard InChI is InChI=1S/C10H10BrClF2S/c1-5-2-7(15-9(5)12)8(11)6-3-10(13,14)4-6/h2,6,8H,3-4H2,1H3. The number of alkyl halides is 3. The lowest BCUT2D eigenvalue weighted by Gasteiger charge is -2.37. The van der Waals surface area contributed by atoms with Crippen LogP contribution in [0.3, 0.4) is 0 Å². The van der Waals surface area contributed by atoms with Gasteiger partial charge in [0.2, 0.25) is 5.92 Å². The zero-order valence-electron chi connectivity index (χ0n) is 8.07. The van der Waals surface area contributed by atoms with Gasteiger partial charge in [-0.2, -0.15) is 0 Å². The van der Waals surface area contributed by atoms with E-state index in [0.717, 1.165) is 14.8 Å². The summed E-state index contributed by atoms with van der Waals surface area (Å²) in [6.45, 7) is 1.93. The van der Waals surface area contributed by atoms with Gasteiger partial charge in [0.05, 0.1) is 9.16 Å². The predicted molar refractivity (Wildman–Crippen MR) is 63.4 cm³/mol. The Balaban J connectivity index is 2.06. The van der Waals surface area contributed by atoms with Crippen LogP contribution in [0.5, 0.6) is 0 Å². The molecule has 1 aromatic heterocycles. The minimum Gasteiger partial charge on any atom is -0.207 e. The molecule has 1 aromatic rings. The highest BCUT2D eigenvalue weighted by molar-refractivity contribution is 9.09. The summed E-state index contributed by atoms with van der Waals surface area (Å²) in [6, 6.07) is 1.98. The van der Waals surface area contributed by atoms with E-state index in [0.29, 0.717) is 0 Å². The first kappa shape index (κ1) is 11.8. The molecule has 84 valence electrons. The lowest BCUT2D eigenvalue weighted by atomic mass is 9.79. The summed E-state index contributed by atoms with van der Waals surface area (Å²) in [5.74, 6) is -2.42. The van der Waals surface area contributed by atoms with E-state index in [9.17, 15) is 8.78 Å². The van der Waals surface area contributed by atoms with E-state index in [-0.39, 0.29) is 23.6 Å². The maximum absolute atomic E-state index is 12.7. The van der Waals surface area contributed by atoms with Gasteiger partial charge in [-0.05, 0) is 24.5 Å². The van der Waals surface area contributed by atoms with Crippen molar-refractivity contribution in [2.75, 3.05) is 0 Å². The van der Waals surface area contributed by atoms with Crippen molar-refractivity contribution in [1.82, 2.24) is 0 Å². The number of rotatable bonds is 2. The van der Waals surface area contributed by atoms with Crippen LogP contribution in [0.2, 0.25) is 4.34 Å². The Morgan fingerprint density at radius 3 is 2.60 bits per heavy atom. The van der Waals surface area contributed by atoms with E-state index in [1.165, 1.54) is 11.3 Å². The topological polar surface area (TPSA) is 0 Å². The van der Waals surface area contributed by atoms with E-state index >= 15 is 0 Å². The molecule has 0 aliphatic heterocycles. The van der Waals surface area contributed by atoms with Crippen molar-refractivity contribution in [1.29, 1.82) is 0 Å². The Kier molecular flexibility index (Phi) is 3.12. The third-order valence-corrected chi connectivity index (χ3v) is 5.87. The van der Waals surface area contributed by atoms with E-state index in [2.05, 4.69) is 15.9 Å². The van der Waals surface area contributed by atoms with Gasteiger partial charge in [-0.3, -0.25) is 0 Å². The molecule has 0 radical (unpaired) electrons. The average molecular weight is 316 g/mol. The van der Waals surface area contributed by atoms with Gasteiger partial charge in [0.15, 0.2) is 0 Å². The third kappa shape index (κ3) is 2.37. The first-order chi connectivity index (χ1) is 6.89. The zero-order valence-corrected chi connectivity index (χ0v) is 11.2. The highest BCUT2D eigenvalue weighted by Crippen LogP contribution is 2.52. The van der Waals surface area contributed by atoms with Crippen LogP contribution in [0.1, 0.15) is 28.1 Å². The number of aryl methyl sites for hydroxylation is 1. The smallest absolute Gasteiger partial charge is 0.207 e. The van der Waals surface area contributed by atoms with Gasteiger partial charge in [0, 0.05) is 17.7 Å². The van der Waals surface area contributed by atoms with Crippen LogP contribution in [0.4, 0.5) is 8.78 Å². The molecule has 1 unspecified atom stereocenters. The van der Waals surface area contributed by atoms with Crippen molar-refractivity contribution < 1.29 is 8.78 Å². The Morgan fingerprint density at radius 2 is 2.20 bits per heavy atom. The van der Waals surface area contributed by atoms with Crippen molar-refractivity contribution >= 4 is 38.9 Å². The Bertz CT molecular complexity index is 350. The van der Waals surface area contributed by atoms with Crippen LogP contribution in [-0.2, 0) is 0 Å². The fourth-order valence-corrected chi connectivity index (χ4v) is 3.84. The highest BCUT2D eigenvalue weighted by atomic mass is 79.9. The maximum Gasteiger partial charge on any atom is 0.248 e. The molecule has 1 aliphatic rings. The second-order valence-electron chi connectivity index (χ2n) is 4.03. The van der Waals surface area contributed by atoms with Gasteiger partial charge in [0.25, 0.3) is 0 Å². The molecule has 2 rings (SSSR count). The molecule has 5 heteroatoms. The van der Waals surface area contributed by atoms with Gasteiger partial charge < -0.3 is 0 Å². The molecule has 0 aromatic carbocycles. The van der Waals surface area contributed by atoms with Gasteiger partial charge in [-0.15, -0.1) is 11.3 Å². The summed E-state index contributed by atoms with van der Waals surface area (Å²) in [6.07, 6.45) is -0.0328. The Hall–Kier alpha value is 0.330. The molecular weight excluding hydrogens is 306 g/mol. The van der Waals surface area contributed by atoms with Crippen LogP contribution in [0.15, 0.2) is 6.07 Å². The van der Waals surface area contributed by atoms with Crippen LogP contribution in [0, 0.1) is 12.8 Å². The Labute approximate surface area is 105 Å². The molecule has 0 spiro atoms. The first-order valence-corrected chi connectivity index (χ1v) is 6.78. The predicted octanol–water partition coefficient (Wildman–Crippen LogP) is 5.19. The summed E-state index contributed by atoms with van der Waals surface area (Å²) >= 11 is 10.9. The van der Waals surface area contributed by atoms with Crippen LogP contribution in [-0.4, -0.2) is 5.92 Å². The highest BCUT2D eigenvalue weighted by Gasteiger charge is 2.48. The molecule has 0 saturated heterocycles. The molecule has 1 fully saturated rings. The summed E-state index contributed by atoms with van der Waals surface area (Å²) in [5.41, 5.74) is 1.02. The van der Waals surface area contributed by atoms with Crippen molar-refractivity contribution in [2.45, 2.75) is 30.5 Å². The van der Waals surface area contributed by atoms with Crippen LogP contribution < -0.4 is 0 Å². The maximum atomic E-state index is 12.7. The molecule has 1 aliphatic carbocycles. The second-order valence-corrected chi connectivity index (χ2v) is 6.70. The lowest BCUT2D eigenvalue weighted by Crippen LogP contribution is -2.37. The van der Waals surface area contributed by atoms with Crippen molar-refractivity contribution in [3.63, 3.8) is 0 Å². The fraction of sp³-hybridized carbons (Fsp3) is 0.600. The van der Waals surface area contributed by atoms with Gasteiger partial charge in [-0.1, -0.05) is 27.5 Å². The fourth-order valence-electron chi connectivity index (χ4n) is 1.77. The Morgan fingerprint density at radius 1 is 1.60 bits per heavy atom. The van der Waals surface area contributed by atoms with Crippen molar-refractivity contribution in [3.05, 3.63) is 20.8 Å². The molecule has 15 heavy (non-hydrogen) atoms. The van der Waals surface area contributed by atoms with Crippen molar-refractivity contribution in [3.8, 4) is 0 Å². The van der Waals surface area contributed by atoms with Crippen LogP contribution in [0.25, 0.3) is 0 Å². The molecule has 0 N–H and O–H groups in total. The number of halogens is 4. The molecule has 1 heterocycles. The minimum absolute atomic E-state index is 0.0164.